The molecule has 0 aliphatic carbocycles. The van der Waals surface area contributed by atoms with Crippen molar-refractivity contribution in [3.05, 3.63) is 24.0 Å². The van der Waals surface area contributed by atoms with Crippen molar-refractivity contribution in [1.82, 2.24) is 9.55 Å². The summed E-state index contributed by atoms with van der Waals surface area (Å²) in [7, 11) is 1.66. The van der Waals surface area contributed by atoms with Crippen LogP contribution in [-0.4, -0.2) is 29.4 Å². The number of hydrogen-bond acceptors (Lipinski definition) is 3. The summed E-state index contributed by atoms with van der Waals surface area (Å²) >= 11 is 6.32. The highest BCUT2D eigenvalue weighted by Gasteiger charge is 2.30. The van der Waals surface area contributed by atoms with Crippen LogP contribution in [0.4, 0.5) is 0 Å². The molecule has 5 heteroatoms. The molecule has 2 heterocycles. The van der Waals surface area contributed by atoms with E-state index in [9.17, 15) is 0 Å². The summed E-state index contributed by atoms with van der Waals surface area (Å²) in [5.41, 5.74) is 2.02. The molecule has 1 aliphatic heterocycles. The van der Waals surface area contributed by atoms with Gasteiger partial charge in [0.15, 0.2) is 0 Å². The van der Waals surface area contributed by atoms with Gasteiger partial charge >= 0.3 is 0 Å². The van der Waals surface area contributed by atoms with Crippen LogP contribution in [0.5, 0.6) is 5.75 Å². The van der Waals surface area contributed by atoms with E-state index in [0.29, 0.717) is 6.04 Å². The van der Waals surface area contributed by atoms with Crippen molar-refractivity contribution in [3.63, 3.8) is 0 Å². The Morgan fingerprint density at radius 3 is 2.90 bits per heavy atom. The van der Waals surface area contributed by atoms with Crippen LogP contribution in [-0.2, 0) is 4.74 Å². The largest absolute Gasteiger partial charge is 0.497 e. The zero-order valence-electron chi connectivity index (χ0n) is 12.0. The minimum absolute atomic E-state index is 0.138. The van der Waals surface area contributed by atoms with Gasteiger partial charge in [-0.25, -0.2) is 4.98 Å². The third-order valence-electron chi connectivity index (χ3n) is 3.95. The summed E-state index contributed by atoms with van der Waals surface area (Å²) in [4.78, 5) is 4.70. The number of imidazole rings is 1. The van der Waals surface area contributed by atoms with Gasteiger partial charge in [-0.05, 0) is 32.4 Å². The molecule has 1 saturated heterocycles. The number of benzene rings is 1. The van der Waals surface area contributed by atoms with Crippen molar-refractivity contribution in [3.8, 4) is 5.75 Å². The molecule has 0 saturated carbocycles. The van der Waals surface area contributed by atoms with E-state index in [2.05, 4.69) is 17.6 Å². The van der Waals surface area contributed by atoms with Crippen LogP contribution >= 0.6 is 11.6 Å². The molecule has 0 bridgehead atoms. The predicted molar refractivity (Wildman–Crippen MR) is 79.6 cm³/mol. The second kappa shape index (κ2) is 5.26. The summed E-state index contributed by atoms with van der Waals surface area (Å²) in [5.74, 6) is 1.71. The van der Waals surface area contributed by atoms with Gasteiger partial charge in [0.25, 0.3) is 0 Å². The highest BCUT2D eigenvalue weighted by molar-refractivity contribution is 6.20. The molecule has 2 aromatic rings. The maximum atomic E-state index is 6.32. The summed E-state index contributed by atoms with van der Waals surface area (Å²) in [6.07, 6.45) is 1.18. The minimum atomic E-state index is -0.138. The first-order valence-electron chi connectivity index (χ1n) is 6.93. The molecule has 3 rings (SSSR count). The van der Waals surface area contributed by atoms with Crippen molar-refractivity contribution >= 4 is 22.6 Å². The van der Waals surface area contributed by atoms with Crippen LogP contribution in [0.1, 0.15) is 37.5 Å². The molecule has 1 aliphatic rings. The molecule has 3 unspecified atom stereocenters. The van der Waals surface area contributed by atoms with E-state index in [1.807, 2.05) is 19.1 Å². The number of methoxy groups -OCH3 is 1. The second-order valence-corrected chi connectivity index (χ2v) is 5.90. The van der Waals surface area contributed by atoms with Gasteiger partial charge in [-0.1, -0.05) is 0 Å². The SMILES string of the molecule is COc1ccc2c(c1)nc(C(C)Cl)n2C1CCOC1C. The van der Waals surface area contributed by atoms with Gasteiger partial charge in [0.2, 0.25) is 0 Å². The fraction of sp³-hybridized carbons (Fsp3) is 0.533. The van der Waals surface area contributed by atoms with Gasteiger partial charge < -0.3 is 14.0 Å². The van der Waals surface area contributed by atoms with E-state index in [-0.39, 0.29) is 11.5 Å². The average Bonchev–Trinajstić information content (AvgIpc) is 3.00. The zero-order valence-corrected chi connectivity index (χ0v) is 12.7. The molecule has 20 heavy (non-hydrogen) atoms. The molecule has 0 amide bonds. The first kappa shape index (κ1) is 13.7. The number of hydrogen-bond donors (Lipinski definition) is 0. The number of halogens is 1. The number of aromatic nitrogens is 2. The predicted octanol–water partition coefficient (Wildman–Crippen LogP) is 3.69. The summed E-state index contributed by atoms with van der Waals surface area (Å²) in [6, 6.07) is 6.26. The summed E-state index contributed by atoms with van der Waals surface area (Å²) in [6.45, 7) is 4.85. The van der Waals surface area contributed by atoms with Crippen LogP contribution in [0.3, 0.4) is 0 Å². The second-order valence-electron chi connectivity index (χ2n) is 5.24. The lowest BCUT2D eigenvalue weighted by Crippen LogP contribution is -2.19. The molecular formula is C15H19ClN2O2. The van der Waals surface area contributed by atoms with Crippen molar-refractivity contribution in [2.45, 2.75) is 37.8 Å². The lowest BCUT2D eigenvalue weighted by atomic mass is 10.1. The van der Waals surface area contributed by atoms with Gasteiger partial charge in [0.05, 0.1) is 35.7 Å². The first-order chi connectivity index (χ1) is 9.61. The Hall–Kier alpha value is -1.26. The van der Waals surface area contributed by atoms with Crippen LogP contribution in [0.2, 0.25) is 0 Å². The van der Waals surface area contributed by atoms with E-state index in [1.165, 1.54) is 0 Å². The number of ether oxygens (including phenoxy) is 2. The molecule has 1 fully saturated rings. The Balaban J connectivity index is 2.19. The Labute approximate surface area is 123 Å². The van der Waals surface area contributed by atoms with E-state index >= 15 is 0 Å². The van der Waals surface area contributed by atoms with Crippen molar-refractivity contribution in [2.75, 3.05) is 13.7 Å². The lowest BCUT2D eigenvalue weighted by Gasteiger charge is -2.20. The molecule has 108 valence electrons. The van der Waals surface area contributed by atoms with Crippen LogP contribution in [0.25, 0.3) is 11.0 Å². The molecule has 0 N–H and O–H groups in total. The van der Waals surface area contributed by atoms with Gasteiger partial charge in [0, 0.05) is 12.7 Å². The molecule has 1 aromatic carbocycles. The standard InChI is InChI=1S/C15H19ClN2O2/c1-9(16)15-17-12-8-11(19-3)4-5-14(12)18(15)13-6-7-20-10(13)2/h4-5,8-10,13H,6-7H2,1-3H3. The third kappa shape index (κ3) is 2.17. The van der Waals surface area contributed by atoms with E-state index in [1.54, 1.807) is 7.11 Å². The summed E-state index contributed by atoms with van der Waals surface area (Å²) in [5, 5.41) is -0.138. The van der Waals surface area contributed by atoms with Crippen LogP contribution in [0, 0.1) is 0 Å². The van der Waals surface area contributed by atoms with E-state index in [4.69, 9.17) is 26.1 Å². The Morgan fingerprint density at radius 2 is 2.30 bits per heavy atom. The number of rotatable bonds is 3. The number of fused-ring (bicyclic) bond motifs is 1. The fourth-order valence-electron chi connectivity index (χ4n) is 2.91. The number of alkyl halides is 1. The zero-order chi connectivity index (χ0) is 14.3. The smallest absolute Gasteiger partial charge is 0.128 e. The van der Waals surface area contributed by atoms with E-state index < -0.39 is 0 Å². The average molecular weight is 295 g/mol. The maximum Gasteiger partial charge on any atom is 0.128 e. The first-order valence-corrected chi connectivity index (χ1v) is 7.37. The van der Waals surface area contributed by atoms with Crippen LogP contribution in [0.15, 0.2) is 18.2 Å². The van der Waals surface area contributed by atoms with Crippen molar-refractivity contribution in [1.29, 1.82) is 0 Å². The van der Waals surface area contributed by atoms with Gasteiger partial charge in [-0.15, -0.1) is 11.6 Å². The van der Waals surface area contributed by atoms with Gasteiger partial charge in [-0.2, -0.15) is 0 Å². The Morgan fingerprint density at radius 1 is 1.50 bits per heavy atom. The molecule has 0 radical (unpaired) electrons. The molecule has 4 nitrogen and oxygen atoms in total. The van der Waals surface area contributed by atoms with Gasteiger partial charge in [-0.3, -0.25) is 0 Å². The lowest BCUT2D eigenvalue weighted by molar-refractivity contribution is 0.108. The third-order valence-corrected chi connectivity index (χ3v) is 4.14. The Kier molecular flexibility index (Phi) is 3.61. The quantitative estimate of drug-likeness (QED) is 0.810. The molecular weight excluding hydrogens is 276 g/mol. The minimum Gasteiger partial charge on any atom is -0.497 e. The van der Waals surface area contributed by atoms with Gasteiger partial charge in [0.1, 0.15) is 11.6 Å². The highest BCUT2D eigenvalue weighted by Crippen LogP contribution is 2.35. The maximum absolute atomic E-state index is 6.32. The molecule has 1 aromatic heterocycles. The normalized spacial score (nSPS) is 24.2. The topological polar surface area (TPSA) is 36.3 Å². The van der Waals surface area contributed by atoms with Crippen molar-refractivity contribution in [2.24, 2.45) is 0 Å². The summed E-state index contributed by atoms with van der Waals surface area (Å²) < 4.78 is 13.2. The highest BCUT2D eigenvalue weighted by atomic mass is 35.5. The fourth-order valence-corrected chi connectivity index (χ4v) is 3.07. The number of nitrogens with zero attached hydrogens (tertiary/aromatic N) is 2. The monoisotopic (exact) mass is 294 g/mol. The van der Waals surface area contributed by atoms with Crippen LogP contribution < -0.4 is 4.74 Å². The van der Waals surface area contributed by atoms with E-state index in [0.717, 1.165) is 35.6 Å². The van der Waals surface area contributed by atoms with Crippen molar-refractivity contribution < 1.29 is 9.47 Å². The molecule has 0 spiro atoms. The molecule has 3 atom stereocenters. The Bertz CT molecular complexity index is 624.